The van der Waals surface area contributed by atoms with Crippen LogP contribution in [0.25, 0.3) is 0 Å². The molecule has 0 aromatic heterocycles. The van der Waals surface area contributed by atoms with Gasteiger partial charge in [-0.2, -0.15) is 0 Å². The molecule has 1 saturated carbocycles. The number of hydrogen-bond acceptors (Lipinski definition) is 4. The van der Waals surface area contributed by atoms with E-state index in [-0.39, 0.29) is 6.03 Å². The number of urea groups is 1. The lowest BCUT2D eigenvalue weighted by Gasteiger charge is -2.32. The number of hydrogen-bond donors (Lipinski definition) is 3. The molecule has 7 heteroatoms. The average Bonchev–Trinajstić information content (AvgIpc) is 3.36. The zero-order chi connectivity index (χ0) is 21.1. The van der Waals surface area contributed by atoms with Gasteiger partial charge in [0.1, 0.15) is 5.60 Å². The molecule has 1 aromatic rings. The smallest absolute Gasteiger partial charge is 0.407 e. The zero-order valence-electron chi connectivity index (χ0n) is 18.1. The Bertz CT molecular complexity index is 723. The lowest BCUT2D eigenvalue weighted by atomic mass is 9.96. The highest BCUT2D eigenvalue weighted by Gasteiger charge is 2.43. The third-order valence-electron chi connectivity index (χ3n) is 4.81. The molecule has 0 radical (unpaired) electrons. The maximum Gasteiger partial charge on any atom is 0.407 e. The Morgan fingerprint density at radius 3 is 2.32 bits per heavy atom. The second-order valence-corrected chi connectivity index (χ2v) is 9.02. The van der Waals surface area contributed by atoms with Crippen molar-refractivity contribution in [3.8, 4) is 0 Å². The van der Waals surface area contributed by atoms with Gasteiger partial charge in [-0.1, -0.05) is 0 Å². The highest BCUT2D eigenvalue weighted by molar-refractivity contribution is 5.90. The topological polar surface area (TPSA) is 82.7 Å². The van der Waals surface area contributed by atoms with Gasteiger partial charge in [0, 0.05) is 32.0 Å². The first-order chi connectivity index (χ1) is 12.9. The van der Waals surface area contributed by atoms with E-state index in [9.17, 15) is 9.59 Å². The van der Waals surface area contributed by atoms with Crippen LogP contribution in [0.5, 0.6) is 0 Å². The first kappa shape index (κ1) is 21.9. The van der Waals surface area contributed by atoms with Crippen LogP contribution in [0.1, 0.15) is 46.1 Å². The van der Waals surface area contributed by atoms with Gasteiger partial charge in [-0.15, -0.1) is 0 Å². The third-order valence-corrected chi connectivity index (χ3v) is 4.81. The number of rotatable bonds is 6. The molecule has 2 rings (SSSR count). The van der Waals surface area contributed by atoms with Crippen molar-refractivity contribution in [1.29, 1.82) is 0 Å². The number of amides is 3. The number of benzene rings is 1. The third kappa shape index (κ3) is 6.32. The molecule has 0 heterocycles. The van der Waals surface area contributed by atoms with Crippen LogP contribution in [-0.2, 0) is 4.74 Å². The van der Waals surface area contributed by atoms with Gasteiger partial charge in [-0.3, -0.25) is 0 Å². The van der Waals surface area contributed by atoms with Gasteiger partial charge in [0.25, 0.3) is 0 Å². The summed E-state index contributed by atoms with van der Waals surface area (Å²) in [6.07, 6.45) is 1.59. The van der Waals surface area contributed by atoms with Crippen molar-refractivity contribution >= 4 is 23.5 Å². The second kappa shape index (κ2) is 8.29. The Balaban J connectivity index is 1.97. The zero-order valence-corrected chi connectivity index (χ0v) is 18.1. The lowest BCUT2D eigenvalue weighted by molar-refractivity contribution is 0.0509. The first-order valence-electron chi connectivity index (χ1n) is 9.73. The molecule has 0 spiro atoms. The minimum atomic E-state index is -0.554. The predicted molar refractivity (Wildman–Crippen MR) is 113 cm³/mol. The van der Waals surface area contributed by atoms with E-state index in [1.807, 2.05) is 71.8 Å². The Morgan fingerprint density at radius 2 is 1.82 bits per heavy atom. The summed E-state index contributed by atoms with van der Waals surface area (Å²) in [5, 5.41) is 8.74. The summed E-state index contributed by atoms with van der Waals surface area (Å²) in [4.78, 5) is 26.6. The van der Waals surface area contributed by atoms with Gasteiger partial charge in [-0.25, -0.2) is 9.59 Å². The van der Waals surface area contributed by atoms with Crippen molar-refractivity contribution in [3.05, 3.63) is 23.8 Å². The van der Waals surface area contributed by atoms with E-state index in [2.05, 4.69) is 16.0 Å². The maximum atomic E-state index is 12.6. The van der Waals surface area contributed by atoms with Crippen molar-refractivity contribution in [2.45, 2.75) is 58.6 Å². The van der Waals surface area contributed by atoms with Gasteiger partial charge in [0.2, 0.25) is 0 Å². The second-order valence-electron chi connectivity index (χ2n) is 9.02. The van der Waals surface area contributed by atoms with Crippen molar-refractivity contribution in [2.24, 2.45) is 5.92 Å². The molecule has 0 aliphatic heterocycles. The lowest BCUT2D eigenvalue weighted by Crippen LogP contribution is -2.56. The van der Waals surface area contributed by atoms with E-state index < -0.39 is 17.2 Å². The minimum absolute atomic E-state index is 0.280. The van der Waals surface area contributed by atoms with E-state index in [0.29, 0.717) is 12.5 Å². The summed E-state index contributed by atoms with van der Waals surface area (Å²) in [5.74, 6) is 0.339. The Kier molecular flexibility index (Phi) is 6.47. The van der Waals surface area contributed by atoms with Crippen molar-refractivity contribution in [1.82, 2.24) is 10.6 Å². The number of carbonyl (C=O) groups is 2. The minimum Gasteiger partial charge on any atom is -0.444 e. The van der Waals surface area contributed by atoms with Gasteiger partial charge in [0.05, 0.1) is 5.54 Å². The number of carbonyl (C=O) groups excluding carboxylic acids is 2. The number of nitrogens with one attached hydrogen (secondary N) is 3. The van der Waals surface area contributed by atoms with E-state index >= 15 is 0 Å². The van der Waals surface area contributed by atoms with Crippen LogP contribution in [0.15, 0.2) is 18.2 Å². The SMILES string of the molecule is Cc1cc(NC(=O)N[C@](C)(CNC(=O)OC(C)(C)C)C2CC2)ccc1N(C)C. The quantitative estimate of drug-likeness (QED) is 0.688. The van der Waals surface area contributed by atoms with Crippen LogP contribution in [0.2, 0.25) is 0 Å². The fraction of sp³-hybridized carbons (Fsp3) is 0.619. The largest absolute Gasteiger partial charge is 0.444 e. The molecule has 1 aliphatic rings. The van der Waals surface area contributed by atoms with E-state index in [4.69, 9.17) is 4.74 Å². The molecule has 1 atom stereocenters. The van der Waals surface area contributed by atoms with Gasteiger partial charge >= 0.3 is 12.1 Å². The summed E-state index contributed by atoms with van der Waals surface area (Å²) in [7, 11) is 3.97. The van der Waals surface area contributed by atoms with Crippen molar-refractivity contribution in [3.63, 3.8) is 0 Å². The Morgan fingerprint density at radius 1 is 1.18 bits per heavy atom. The fourth-order valence-electron chi connectivity index (χ4n) is 3.24. The van der Waals surface area contributed by atoms with Crippen LogP contribution in [0.3, 0.4) is 0 Å². The first-order valence-corrected chi connectivity index (χ1v) is 9.73. The number of anilines is 2. The number of nitrogens with zero attached hydrogens (tertiary/aromatic N) is 1. The van der Waals surface area contributed by atoms with Crippen LogP contribution >= 0.6 is 0 Å². The Labute approximate surface area is 168 Å². The highest BCUT2D eigenvalue weighted by Crippen LogP contribution is 2.39. The summed E-state index contributed by atoms with van der Waals surface area (Å²) in [6, 6.07) is 5.53. The molecule has 3 N–H and O–H groups in total. The van der Waals surface area contributed by atoms with Crippen molar-refractivity contribution in [2.75, 3.05) is 30.9 Å². The predicted octanol–water partition coefficient (Wildman–Crippen LogP) is 3.88. The molecule has 156 valence electrons. The van der Waals surface area contributed by atoms with Gasteiger partial charge in [0.15, 0.2) is 0 Å². The normalized spacial score (nSPS) is 16.0. The van der Waals surface area contributed by atoms with E-state index in [1.165, 1.54) is 0 Å². The van der Waals surface area contributed by atoms with Gasteiger partial charge in [-0.05, 0) is 77.1 Å². The van der Waals surface area contributed by atoms with Crippen molar-refractivity contribution < 1.29 is 14.3 Å². The molecule has 1 aliphatic carbocycles. The molecule has 28 heavy (non-hydrogen) atoms. The molecule has 0 saturated heterocycles. The van der Waals surface area contributed by atoms with Crippen LogP contribution in [0.4, 0.5) is 21.0 Å². The van der Waals surface area contributed by atoms with Crippen LogP contribution in [0, 0.1) is 12.8 Å². The molecule has 3 amide bonds. The summed E-state index contributed by atoms with van der Waals surface area (Å²) in [5.41, 5.74) is 1.84. The summed E-state index contributed by atoms with van der Waals surface area (Å²) < 4.78 is 5.30. The maximum absolute atomic E-state index is 12.6. The van der Waals surface area contributed by atoms with Gasteiger partial charge < -0.3 is 25.6 Å². The highest BCUT2D eigenvalue weighted by atomic mass is 16.6. The molecular formula is C21H34N4O3. The van der Waals surface area contributed by atoms with Crippen LogP contribution in [-0.4, -0.2) is 43.9 Å². The molecule has 1 aromatic carbocycles. The summed E-state index contributed by atoms with van der Waals surface area (Å²) >= 11 is 0. The van der Waals surface area contributed by atoms with E-state index in [1.54, 1.807) is 0 Å². The fourth-order valence-corrected chi connectivity index (χ4v) is 3.24. The molecule has 0 bridgehead atoms. The molecule has 0 unspecified atom stereocenters. The number of alkyl carbamates (subject to hydrolysis) is 1. The molecule has 1 fully saturated rings. The van der Waals surface area contributed by atoms with Crippen LogP contribution < -0.4 is 20.9 Å². The molecule has 7 nitrogen and oxygen atoms in total. The summed E-state index contributed by atoms with van der Waals surface area (Å²) in [6.45, 7) is 9.75. The van der Waals surface area contributed by atoms with E-state index in [0.717, 1.165) is 29.8 Å². The molecular weight excluding hydrogens is 356 g/mol. The monoisotopic (exact) mass is 390 g/mol. The average molecular weight is 391 g/mol. The Hall–Kier alpha value is -2.44. The standard InChI is InChI=1S/C21H34N4O3/c1-14-12-16(10-11-17(14)25(6)7)23-18(26)24-21(5,15-8-9-15)13-22-19(27)28-20(2,3)4/h10-12,15H,8-9,13H2,1-7H3,(H,22,27)(H2,23,24,26)/t21-/m1/s1. The number of ether oxygens (including phenoxy) is 1. The number of aryl methyl sites for hydroxylation is 1.